The molecule has 0 bridgehead atoms. The maximum atomic E-state index is 12.7. The van der Waals surface area contributed by atoms with Crippen molar-refractivity contribution < 1.29 is 27.8 Å². The second kappa shape index (κ2) is 6.60. The van der Waals surface area contributed by atoms with Gasteiger partial charge in [-0.3, -0.25) is 0 Å². The Hall–Kier alpha value is -1.76. The number of benzene rings is 1. The van der Waals surface area contributed by atoms with Crippen LogP contribution >= 0.6 is 0 Å². The number of aromatic carboxylic acids is 1. The third-order valence-corrected chi connectivity index (χ3v) is 2.72. The van der Waals surface area contributed by atoms with Crippen LogP contribution in [0.25, 0.3) is 0 Å². The van der Waals surface area contributed by atoms with Crippen LogP contribution in [0.5, 0.6) is 0 Å². The molecule has 0 aliphatic heterocycles. The number of rotatable bonds is 6. The molecule has 0 saturated heterocycles. The minimum absolute atomic E-state index is 0.0478. The van der Waals surface area contributed by atoms with E-state index in [2.05, 4.69) is 5.32 Å². The molecular formula is C13H16F3NO3. The largest absolute Gasteiger partial charge is 0.478 e. The summed E-state index contributed by atoms with van der Waals surface area (Å²) in [5, 5.41) is 11.8. The predicted molar refractivity (Wildman–Crippen MR) is 68.0 cm³/mol. The zero-order chi connectivity index (χ0) is 15.3. The number of nitrogens with one attached hydrogen (secondary N) is 1. The number of anilines is 1. The summed E-state index contributed by atoms with van der Waals surface area (Å²) in [4.78, 5) is 10.9. The van der Waals surface area contributed by atoms with Crippen molar-refractivity contribution in [2.75, 3.05) is 19.0 Å². The average Bonchev–Trinajstić information content (AvgIpc) is 2.34. The number of halogens is 3. The van der Waals surface area contributed by atoms with Gasteiger partial charge in [0, 0.05) is 25.4 Å². The molecule has 4 nitrogen and oxygen atoms in total. The number of carbonyl (C=O) groups is 1. The highest BCUT2D eigenvalue weighted by Crippen LogP contribution is 2.33. The summed E-state index contributed by atoms with van der Waals surface area (Å²) < 4.78 is 42.9. The molecule has 0 aromatic heterocycles. The molecule has 1 atom stereocenters. The van der Waals surface area contributed by atoms with E-state index in [0.29, 0.717) is 18.7 Å². The molecular weight excluding hydrogens is 275 g/mol. The van der Waals surface area contributed by atoms with E-state index in [4.69, 9.17) is 9.84 Å². The smallest absolute Gasteiger partial charge is 0.417 e. The number of hydrogen-bond donors (Lipinski definition) is 2. The van der Waals surface area contributed by atoms with E-state index in [0.717, 1.165) is 12.1 Å². The molecule has 0 heterocycles. The summed E-state index contributed by atoms with van der Waals surface area (Å²) in [5.74, 6) is -1.61. The van der Waals surface area contributed by atoms with Gasteiger partial charge in [0.1, 0.15) is 0 Å². The fourth-order valence-corrected chi connectivity index (χ4v) is 1.71. The third kappa shape index (κ3) is 4.41. The first kappa shape index (κ1) is 16.3. The molecule has 20 heavy (non-hydrogen) atoms. The first-order valence-electron chi connectivity index (χ1n) is 5.95. The zero-order valence-electron chi connectivity index (χ0n) is 11.1. The Morgan fingerprint density at radius 3 is 2.60 bits per heavy atom. The van der Waals surface area contributed by atoms with E-state index >= 15 is 0 Å². The molecule has 0 aliphatic rings. The standard InChI is InChI=1S/C13H16F3NO3/c1-8(5-6-20-2)17-9-3-4-11(13(14,15)16)10(7-9)12(18)19/h3-4,7-8,17H,5-6H2,1-2H3,(H,18,19). The van der Waals surface area contributed by atoms with Crippen LogP contribution in [0, 0.1) is 0 Å². The minimum atomic E-state index is -4.69. The Kier molecular flexibility index (Phi) is 5.38. The molecule has 0 spiro atoms. The van der Waals surface area contributed by atoms with Gasteiger partial charge in [-0.25, -0.2) is 4.79 Å². The number of carboxylic acid groups (broad SMARTS) is 1. The summed E-state index contributed by atoms with van der Waals surface area (Å²) >= 11 is 0. The molecule has 2 N–H and O–H groups in total. The van der Waals surface area contributed by atoms with E-state index in [9.17, 15) is 18.0 Å². The van der Waals surface area contributed by atoms with E-state index in [1.807, 2.05) is 6.92 Å². The topological polar surface area (TPSA) is 58.6 Å². The number of carboxylic acids is 1. The van der Waals surface area contributed by atoms with Gasteiger partial charge in [0.25, 0.3) is 0 Å². The van der Waals surface area contributed by atoms with Crippen molar-refractivity contribution in [2.24, 2.45) is 0 Å². The lowest BCUT2D eigenvalue weighted by Crippen LogP contribution is -2.18. The Morgan fingerprint density at radius 2 is 2.10 bits per heavy atom. The van der Waals surface area contributed by atoms with Crippen LogP contribution in [-0.4, -0.2) is 30.8 Å². The van der Waals surface area contributed by atoms with Crippen LogP contribution in [-0.2, 0) is 10.9 Å². The van der Waals surface area contributed by atoms with Crippen LogP contribution in [0.15, 0.2) is 18.2 Å². The summed E-state index contributed by atoms with van der Waals surface area (Å²) in [5.41, 5.74) is -1.58. The van der Waals surface area contributed by atoms with Crippen LogP contribution < -0.4 is 5.32 Å². The van der Waals surface area contributed by atoms with Crippen molar-refractivity contribution in [3.05, 3.63) is 29.3 Å². The first-order valence-corrected chi connectivity index (χ1v) is 5.95. The monoisotopic (exact) mass is 291 g/mol. The lowest BCUT2D eigenvalue weighted by Gasteiger charge is -2.17. The highest BCUT2D eigenvalue weighted by atomic mass is 19.4. The molecule has 1 unspecified atom stereocenters. The van der Waals surface area contributed by atoms with Crippen molar-refractivity contribution in [1.82, 2.24) is 0 Å². The summed E-state index contributed by atoms with van der Waals surface area (Å²) in [6.45, 7) is 2.33. The van der Waals surface area contributed by atoms with Gasteiger partial charge in [0.2, 0.25) is 0 Å². The summed E-state index contributed by atoms with van der Waals surface area (Å²) in [6.07, 6.45) is -4.03. The quantitative estimate of drug-likeness (QED) is 0.844. The van der Waals surface area contributed by atoms with Gasteiger partial charge < -0.3 is 15.2 Å². The highest BCUT2D eigenvalue weighted by molar-refractivity contribution is 5.91. The van der Waals surface area contributed by atoms with E-state index < -0.39 is 23.3 Å². The molecule has 0 amide bonds. The molecule has 1 rings (SSSR count). The molecule has 1 aromatic carbocycles. The van der Waals surface area contributed by atoms with E-state index in [-0.39, 0.29) is 6.04 Å². The molecule has 1 aromatic rings. The second-order valence-corrected chi connectivity index (χ2v) is 4.39. The predicted octanol–water partition coefficient (Wildman–Crippen LogP) is 3.24. The van der Waals surface area contributed by atoms with Gasteiger partial charge in [0.05, 0.1) is 11.1 Å². The number of hydrogen-bond acceptors (Lipinski definition) is 3. The van der Waals surface area contributed by atoms with E-state index in [1.54, 1.807) is 7.11 Å². The Labute approximate surface area is 114 Å². The third-order valence-electron chi connectivity index (χ3n) is 2.72. The van der Waals surface area contributed by atoms with Crippen LogP contribution in [0.2, 0.25) is 0 Å². The van der Waals surface area contributed by atoms with Crippen molar-refractivity contribution in [3.63, 3.8) is 0 Å². The van der Waals surface area contributed by atoms with Crippen molar-refractivity contribution in [1.29, 1.82) is 0 Å². The van der Waals surface area contributed by atoms with Crippen LogP contribution in [0.1, 0.15) is 29.3 Å². The number of alkyl halides is 3. The number of ether oxygens (including phenoxy) is 1. The number of methoxy groups -OCH3 is 1. The maximum absolute atomic E-state index is 12.7. The van der Waals surface area contributed by atoms with Gasteiger partial charge in [-0.1, -0.05) is 0 Å². The maximum Gasteiger partial charge on any atom is 0.417 e. The Balaban J connectivity index is 2.96. The fourth-order valence-electron chi connectivity index (χ4n) is 1.71. The van der Waals surface area contributed by atoms with Crippen molar-refractivity contribution >= 4 is 11.7 Å². The summed E-state index contributed by atoms with van der Waals surface area (Å²) in [7, 11) is 1.55. The Morgan fingerprint density at radius 1 is 1.45 bits per heavy atom. The SMILES string of the molecule is COCCC(C)Nc1ccc(C(F)(F)F)c(C(=O)O)c1. The van der Waals surface area contributed by atoms with Gasteiger partial charge in [-0.05, 0) is 31.5 Å². The van der Waals surface area contributed by atoms with Gasteiger partial charge in [-0.2, -0.15) is 13.2 Å². The first-order chi connectivity index (χ1) is 9.25. The summed E-state index contributed by atoms with van der Waals surface area (Å²) in [6, 6.07) is 2.94. The van der Waals surface area contributed by atoms with E-state index in [1.165, 1.54) is 6.07 Å². The highest BCUT2D eigenvalue weighted by Gasteiger charge is 2.35. The lowest BCUT2D eigenvalue weighted by atomic mass is 10.1. The van der Waals surface area contributed by atoms with Crippen molar-refractivity contribution in [2.45, 2.75) is 25.6 Å². The average molecular weight is 291 g/mol. The van der Waals surface area contributed by atoms with Crippen molar-refractivity contribution in [3.8, 4) is 0 Å². The minimum Gasteiger partial charge on any atom is -0.478 e. The molecule has 0 aliphatic carbocycles. The van der Waals surface area contributed by atoms with Gasteiger partial charge in [0.15, 0.2) is 0 Å². The molecule has 0 radical (unpaired) electrons. The molecule has 0 fully saturated rings. The lowest BCUT2D eigenvalue weighted by molar-refractivity contribution is -0.138. The second-order valence-electron chi connectivity index (χ2n) is 4.39. The van der Waals surface area contributed by atoms with Crippen LogP contribution in [0.3, 0.4) is 0 Å². The Bertz CT molecular complexity index is 474. The molecule has 7 heteroatoms. The van der Waals surface area contributed by atoms with Gasteiger partial charge in [-0.15, -0.1) is 0 Å². The normalized spacial score (nSPS) is 13.1. The van der Waals surface area contributed by atoms with Crippen LogP contribution in [0.4, 0.5) is 18.9 Å². The molecule has 112 valence electrons. The van der Waals surface area contributed by atoms with Gasteiger partial charge >= 0.3 is 12.1 Å². The fraction of sp³-hybridized carbons (Fsp3) is 0.462. The molecule has 0 saturated carbocycles. The zero-order valence-corrected chi connectivity index (χ0v) is 11.1.